The van der Waals surface area contributed by atoms with Gasteiger partial charge in [0, 0.05) is 42.4 Å². The van der Waals surface area contributed by atoms with Crippen LogP contribution in [0.5, 0.6) is 0 Å². The second-order valence-corrected chi connectivity index (χ2v) is 11.5. The van der Waals surface area contributed by atoms with E-state index in [1.807, 2.05) is 29.5 Å². The van der Waals surface area contributed by atoms with Crippen molar-refractivity contribution < 1.29 is 0 Å². The van der Waals surface area contributed by atoms with Gasteiger partial charge in [0.25, 0.3) is 0 Å². The Morgan fingerprint density at radius 3 is 1.70 bits per heavy atom. The number of thiophene rings is 1. The minimum atomic E-state index is 0.809. The van der Waals surface area contributed by atoms with Gasteiger partial charge in [-0.3, -0.25) is 0 Å². The normalized spacial score (nSPS) is 11.3. The summed E-state index contributed by atoms with van der Waals surface area (Å²) in [5.41, 5.74) is 10.3. The average Bonchev–Trinajstić information content (AvgIpc) is 3.47. The number of hydrogen-bond acceptors (Lipinski definition) is 4. The van der Waals surface area contributed by atoms with Crippen LogP contribution in [-0.4, -0.2) is 15.4 Å². The standard InChI is InChI=1S/C39H25N3S/c1-4-14-26(15-5-1)29-20-10-11-21-30(29)37-38(28-18-8-3-9-19-28)40-42-41-39(37)32-24-25-34-36(31-22-12-13-23-33(31)43-34)35(32)27-16-6-2-7-17-27/h1-25H. The minimum Gasteiger partial charge on any atom is -0.135 e. The molecule has 0 amide bonds. The maximum atomic E-state index is 4.85. The van der Waals surface area contributed by atoms with E-state index in [0.717, 1.165) is 55.9 Å². The number of aromatic nitrogens is 3. The van der Waals surface area contributed by atoms with Crippen molar-refractivity contribution in [1.82, 2.24) is 15.4 Å². The summed E-state index contributed by atoms with van der Waals surface area (Å²) >= 11 is 1.83. The molecular formula is C39H25N3S. The Kier molecular flexibility index (Phi) is 6.32. The van der Waals surface area contributed by atoms with Crippen molar-refractivity contribution in [3.63, 3.8) is 0 Å². The van der Waals surface area contributed by atoms with Crippen LogP contribution in [0, 0.1) is 0 Å². The third-order valence-corrected chi connectivity index (χ3v) is 9.09. The van der Waals surface area contributed by atoms with Gasteiger partial charge in [-0.2, -0.15) is 0 Å². The van der Waals surface area contributed by atoms with Crippen LogP contribution in [-0.2, 0) is 0 Å². The fourth-order valence-corrected chi connectivity index (χ4v) is 7.17. The summed E-state index contributed by atoms with van der Waals surface area (Å²) in [5.74, 6) is 0. The minimum absolute atomic E-state index is 0.809. The molecule has 0 fully saturated rings. The summed E-state index contributed by atoms with van der Waals surface area (Å²) in [4.78, 5) is 0. The van der Waals surface area contributed by atoms with Gasteiger partial charge < -0.3 is 0 Å². The van der Waals surface area contributed by atoms with E-state index in [1.54, 1.807) is 0 Å². The molecule has 0 saturated heterocycles. The summed E-state index contributed by atoms with van der Waals surface area (Å²) in [7, 11) is 0. The van der Waals surface area contributed by atoms with Crippen LogP contribution in [0.4, 0.5) is 0 Å². The highest BCUT2D eigenvalue weighted by molar-refractivity contribution is 7.26. The molecule has 0 atom stereocenters. The third kappa shape index (κ3) is 4.40. The molecule has 43 heavy (non-hydrogen) atoms. The van der Waals surface area contributed by atoms with Gasteiger partial charge in [0.2, 0.25) is 0 Å². The van der Waals surface area contributed by atoms with Gasteiger partial charge in [-0.05, 0) is 39.6 Å². The van der Waals surface area contributed by atoms with E-state index in [2.05, 4.69) is 139 Å². The lowest BCUT2D eigenvalue weighted by Crippen LogP contribution is -2.02. The molecule has 6 aromatic carbocycles. The quantitative estimate of drug-likeness (QED) is 0.208. The summed E-state index contributed by atoms with van der Waals surface area (Å²) in [5, 5.41) is 16.4. The predicted octanol–water partition coefficient (Wildman–Crippen LogP) is 10.6. The third-order valence-electron chi connectivity index (χ3n) is 7.95. The van der Waals surface area contributed by atoms with E-state index in [1.165, 1.54) is 20.2 Å². The molecule has 0 saturated carbocycles. The molecule has 3 nitrogen and oxygen atoms in total. The maximum Gasteiger partial charge on any atom is 0.105 e. The monoisotopic (exact) mass is 567 g/mol. The largest absolute Gasteiger partial charge is 0.135 e. The van der Waals surface area contributed by atoms with Crippen LogP contribution in [0.15, 0.2) is 152 Å². The number of benzene rings is 6. The van der Waals surface area contributed by atoms with E-state index >= 15 is 0 Å². The fraction of sp³-hybridized carbons (Fsp3) is 0. The zero-order chi connectivity index (χ0) is 28.6. The van der Waals surface area contributed by atoms with Crippen LogP contribution >= 0.6 is 11.3 Å². The van der Waals surface area contributed by atoms with Crippen molar-refractivity contribution in [2.75, 3.05) is 0 Å². The van der Waals surface area contributed by atoms with Crippen molar-refractivity contribution >= 4 is 31.5 Å². The van der Waals surface area contributed by atoms with Gasteiger partial charge in [0.1, 0.15) is 11.4 Å². The first kappa shape index (κ1) is 25.3. The molecular weight excluding hydrogens is 543 g/mol. The Morgan fingerprint density at radius 2 is 0.953 bits per heavy atom. The smallest absolute Gasteiger partial charge is 0.105 e. The van der Waals surface area contributed by atoms with Crippen molar-refractivity contribution in [3.8, 4) is 55.9 Å². The van der Waals surface area contributed by atoms with E-state index in [4.69, 9.17) is 10.2 Å². The molecule has 0 N–H and O–H groups in total. The number of fused-ring (bicyclic) bond motifs is 3. The fourth-order valence-electron chi connectivity index (χ4n) is 6.05. The molecule has 0 aliphatic rings. The Hall–Kier alpha value is -5.45. The molecule has 2 aromatic heterocycles. The van der Waals surface area contributed by atoms with Gasteiger partial charge in [0.15, 0.2) is 0 Å². The first-order chi connectivity index (χ1) is 21.4. The zero-order valence-corrected chi connectivity index (χ0v) is 24.0. The Labute approximate surface area is 253 Å². The SMILES string of the molecule is c1ccc(-c2ccccc2-c2c(-c3ccccc3)nnnc2-c2ccc3sc4ccccc4c3c2-c2ccccc2)cc1. The molecule has 2 heterocycles. The Balaban J connectivity index is 1.52. The van der Waals surface area contributed by atoms with Crippen molar-refractivity contribution in [3.05, 3.63) is 152 Å². The van der Waals surface area contributed by atoms with Crippen molar-refractivity contribution in [2.45, 2.75) is 0 Å². The molecule has 8 rings (SSSR count). The Morgan fingerprint density at radius 1 is 0.372 bits per heavy atom. The van der Waals surface area contributed by atoms with Gasteiger partial charge in [0.05, 0.1) is 0 Å². The summed E-state index contributed by atoms with van der Waals surface area (Å²) in [6.45, 7) is 0. The summed E-state index contributed by atoms with van der Waals surface area (Å²) in [6, 6.07) is 53.1. The molecule has 0 aliphatic carbocycles. The Bertz CT molecular complexity index is 2220. The lowest BCUT2D eigenvalue weighted by Gasteiger charge is -2.19. The highest BCUT2D eigenvalue weighted by Crippen LogP contribution is 2.48. The van der Waals surface area contributed by atoms with Crippen molar-refractivity contribution in [1.29, 1.82) is 0 Å². The second kappa shape index (κ2) is 10.8. The lowest BCUT2D eigenvalue weighted by atomic mass is 9.86. The van der Waals surface area contributed by atoms with Gasteiger partial charge in [-0.25, -0.2) is 0 Å². The molecule has 0 spiro atoms. The topological polar surface area (TPSA) is 38.7 Å². The number of hydrogen-bond donors (Lipinski definition) is 0. The van der Waals surface area contributed by atoms with Crippen LogP contribution in [0.3, 0.4) is 0 Å². The molecule has 4 heteroatoms. The van der Waals surface area contributed by atoms with E-state index in [-0.39, 0.29) is 0 Å². The van der Waals surface area contributed by atoms with Crippen molar-refractivity contribution in [2.24, 2.45) is 0 Å². The van der Waals surface area contributed by atoms with Gasteiger partial charge in [-0.1, -0.05) is 140 Å². The van der Waals surface area contributed by atoms with Crippen LogP contribution in [0.2, 0.25) is 0 Å². The van der Waals surface area contributed by atoms with Crippen LogP contribution in [0.1, 0.15) is 0 Å². The van der Waals surface area contributed by atoms with Crippen LogP contribution in [0.25, 0.3) is 76.1 Å². The number of rotatable bonds is 5. The lowest BCUT2D eigenvalue weighted by molar-refractivity contribution is 0.879. The van der Waals surface area contributed by atoms with Gasteiger partial charge in [-0.15, -0.1) is 21.5 Å². The first-order valence-electron chi connectivity index (χ1n) is 14.3. The molecule has 0 unspecified atom stereocenters. The molecule has 202 valence electrons. The molecule has 8 aromatic rings. The van der Waals surface area contributed by atoms with E-state index in [0.29, 0.717) is 0 Å². The summed E-state index contributed by atoms with van der Waals surface area (Å²) in [6.07, 6.45) is 0. The maximum absolute atomic E-state index is 4.85. The predicted molar refractivity (Wildman–Crippen MR) is 180 cm³/mol. The zero-order valence-electron chi connectivity index (χ0n) is 23.2. The first-order valence-corrected chi connectivity index (χ1v) is 15.1. The molecule has 0 radical (unpaired) electrons. The highest BCUT2D eigenvalue weighted by atomic mass is 32.1. The second-order valence-electron chi connectivity index (χ2n) is 10.5. The molecule has 0 aliphatic heterocycles. The summed E-state index contributed by atoms with van der Waals surface area (Å²) < 4.78 is 2.52. The van der Waals surface area contributed by atoms with E-state index in [9.17, 15) is 0 Å². The molecule has 0 bridgehead atoms. The van der Waals surface area contributed by atoms with Gasteiger partial charge >= 0.3 is 0 Å². The number of nitrogens with zero attached hydrogens (tertiary/aromatic N) is 3. The average molecular weight is 568 g/mol. The van der Waals surface area contributed by atoms with E-state index < -0.39 is 0 Å². The highest BCUT2D eigenvalue weighted by Gasteiger charge is 2.24. The van der Waals surface area contributed by atoms with Crippen LogP contribution < -0.4 is 0 Å².